The van der Waals surface area contributed by atoms with Gasteiger partial charge in [-0.3, -0.25) is 4.90 Å². The number of hydrogen-bond acceptors (Lipinski definition) is 4. The number of carbonyl (C=O) groups is 1. The van der Waals surface area contributed by atoms with Gasteiger partial charge in [0.1, 0.15) is 6.10 Å². The molecule has 0 N–H and O–H groups in total. The van der Waals surface area contributed by atoms with Crippen molar-refractivity contribution in [3.63, 3.8) is 0 Å². The molecule has 1 rings (SSSR count). The molecule has 0 aliphatic carbocycles. The fourth-order valence-electron chi connectivity index (χ4n) is 2.88. The van der Waals surface area contributed by atoms with Crippen LogP contribution in [0.1, 0.15) is 38.1 Å². The minimum Gasteiger partial charge on any atom is -0.456 e. The van der Waals surface area contributed by atoms with E-state index in [1.165, 1.54) is 0 Å². The van der Waals surface area contributed by atoms with E-state index < -0.39 is 0 Å². The first kappa shape index (κ1) is 27.4. The van der Waals surface area contributed by atoms with Crippen molar-refractivity contribution in [2.75, 3.05) is 40.3 Å². The molecule has 0 aliphatic heterocycles. The predicted octanol–water partition coefficient (Wildman–Crippen LogP) is 4.23. The van der Waals surface area contributed by atoms with E-state index in [0.29, 0.717) is 17.4 Å². The van der Waals surface area contributed by atoms with Gasteiger partial charge in [-0.15, -0.1) is 24.8 Å². The summed E-state index contributed by atoms with van der Waals surface area (Å²) in [7, 11) is 4.02. The lowest BCUT2D eigenvalue weighted by atomic mass is 10.1. The minimum atomic E-state index is -0.239. The van der Waals surface area contributed by atoms with Gasteiger partial charge in [0.15, 0.2) is 0 Å². The number of rotatable bonds is 10. The smallest absolute Gasteiger partial charge is 0.338 e. The standard InChI is InChI=1S/C20H34N2O2.2ClH/c1-16(2)12-22(13-17(3)4)15-19(14-21(5)6)24-20(23)18-10-8-7-9-11-18;;/h7-11,16-17,19H,12-15H2,1-6H3;2*1H. The molecule has 0 amide bonds. The van der Waals surface area contributed by atoms with E-state index in [-0.39, 0.29) is 36.9 Å². The Balaban J connectivity index is 0. The molecule has 1 aromatic rings. The van der Waals surface area contributed by atoms with E-state index in [9.17, 15) is 4.79 Å². The van der Waals surface area contributed by atoms with E-state index in [4.69, 9.17) is 4.74 Å². The number of carbonyl (C=O) groups excluding carboxylic acids is 1. The number of likely N-dealkylation sites (N-methyl/N-ethyl adjacent to an activating group) is 1. The van der Waals surface area contributed by atoms with Gasteiger partial charge in [-0.2, -0.15) is 0 Å². The number of benzene rings is 1. The zero-order valence-corrected chi connectivity index (χ0v) is 18.6. The Hall–Kier alpha value is -0.810. The normalized spacial score (nSPS) is 12.1. The zero-order valence-electron chi connectivity index (χ0n) is 17.0. The summed E-state index contributed by atoms with van der Waals surface area (Å²) in [5.41, 5.74) is 0.612. The number of esters is 1. The van der Waals surface area contributed by atoms with Crippen LogP contribution in [-0.2, 0) is 4.74 Å². The van der Waals surface area contributed by atoms with Gasteiger partial charge >= 0.3 is 5.97 Å². The molecule has 0 spiro atoms. The largest absolute Gasteiger partial charge is 0.456 e. The van der Waals surface area contributed by atoms with Crippen LogP contribution in [0.4, 0.5) is 0 Å². The van der Waals surface area contributed by atoms with Crippen LogP contribution >= 0.6 is 24.8 Å². The molecule has 1 atom stereocenters. The van der Waals surface area contributed by atoms with Crippen molar-refractivity contribution >= 4 is 30.8 Å². The van der Waals surface area contributed by atoms with Crippen molar-refractivity contribution < 1.29 is 9.53 Å². The van der Waals surface area contributed by atoms with Gasteiger partial charge in [0.25, 0.3) is 0 Å². The molecule has 0 heterocycles. The highest BCUT2D eigenvalue weighted by atomic mass is 35.5. The average Bonchev–Trinajstić information content (AvgIpc) is 2.45. The predicted molar refractivity (Wildman–Crippen MR) is 115 cm³/mol. The molecule has 0 saturated carbocycles. The van der Waals surface area contributed by atoms with Crippen LogP contribution < -0.4 is 0 Å². The second-order valence-electron chi connectivity index (χ2n) is 7.66. The SMILES string of the molecule is CC(C)CN(CC(C)C)CC(CN(C)C)OC(=O)c1ccccc1.Cl.Cl. The quantitative estimate of drug-likeness (QED) is 0.544. The minimum absolute atomic E-state index is 0. The summed E-state index contributed by atoms with van der Waals surface area (Å²) >= 11 is 0. The molecule has 152 valence electrons. The second kappa shape index (κ2) is 14.3. The third-order valence-corrected chi connectivity index (χ3v) is 3.56. The van der Waals surface area contributed by atoms with E-state index >= 15 is 0 Å². The van der Waals surface area contributed by atoms with Gasteiger partial charge < -0.3 is 9.64 Å². The molecule has 0 aliphatic rings. The van der Waals surface area contributed by atoms with E-state index in [1.807, 2.05) is 32.3 Å². The van der Waals surface area contributed by atoms with Crippen LogP contribution in [0.15, 0.2) is 30.3 Å². The highest BCUT2D eigenvalue weighted by Crippen LogP contribution is 2.10. The van der Waals surface area contributed by atoms with E-state index in [1.54, 1.807) is 12.1 Å². The number of nitrogens with zero attached hydrogens (tertiary/aromatic N) is 2. The molecule has 6 heteroatoms. The Morgan fingerprint density at radius 1 is 0.885 bits per heavy atom. The maximum Gasteiger partial charge on any atom is 0.338 e. The van der Waals surface area contributed by atoms with Gasteiger partial charge in [-0.05, 0) is 38.1 Å². The van der Waals surface area contributed by atoms with Crippen LogP contribution in [0.3, 0.4) is 0 Å². The Kier molecular flexibility index (Phi) is 15.0. The number of halogens is 2. The average molecular weight is 407 g/mol. The molecular formula is C20H36Cl2N2O2. The van der Waals surface area contributed by atoms with Gasteiger partial charge in [-0.1, -0.05) is 45.9 Å². The Bertz CT molecular complexity index is 472. The molecular weight excluding hydrogens is 371 g/mol. The van der Waals surface area contributed by atoms with E-state index in [2.05, 4.69) is 37.5 Å². The van der Waals surface area contributed by atoms with Crippen molar-refractivity contribution in [1.29, 1.82) is 0 Å². The second-order valence-corrected chi connectivity index (χ2v) is 7.66. The molecule has 1 unspecified atom stereocenters. The summed E-state index contributed by atoms with van der Waals surface area (Å²) in [4.78, 5) is 16.9. The van der Waals surface area contributed by atoms with Crippen LogP contribution in [0, 0.1) is 11.8 Å². The van der Waals surface area contributed by atoms with Crippen LogP contribution in [0.25, 0.3) is 0 Å². The van der Waals surface area contributed by atoms with Crippen LogP contribution in [-0.4, -0.2) is 62.1 Å². The highest BCUT2D eigenvalue weighted by molar-refractivity contribution is 5.89. The molecule has 26 heavy (non-hydrogen) atoms. The first-order valence-corrected chi connectivity index (χ1v) is 8.91. The molecule has 0 aromatic heterocycles. The fraction of sp³-hybridized carbons (Fsp3) is 0.650. The lowest BCUT2D eigenvalue weighted by molar-refractivity contribution is 0.0111. The Morgan fingerprint density at radius 3 is 1.81 bits per heavy atom. The van der Waals surface area contributed by atoms with Crippen LogP contribution in [0.5, 0.6) is 0 Å². The van der Waals surface area contributed by atoms with Gasteiger partial charge in [0.2, 0.25) is 0 Å². The topological polar surface area (TPSA) is 32.8 Å². The monoisotopic (exact) mass is 406 g/mol. The third kappa shape index (κ3) is 11.7. The van der Waals surface area contributed by atoms with Gasteiger partial charge in [0.05, 0.1) is 5.56 Å². The van der Waals surface area contributed by atoms with Crippen molar-refractivity contribution in [1.82, 2.24) is 9.80 Å². The van der Waals surface area contributed by atoms with Crippen LogP contribution in [0.2, 0.25) is 0 Å². The summed E-state index contributed by atoms with van der Waals surface area (Å²) in [6.45, 7) is 12.4. The molecule has 0 bridgehead atoms. The maximum absolute atomic E-state index is 12.4. The van der Waals surface area contributed by atoms with E-state index in [0.717, 1.165) is 26.2 Å². The first-order chi connectivity index (χ1) is 11.3. The summed E-state index contributed by atoms with van der Waals surface area (Å²) in [5.74, 6) is 0.943. The summed E-state index contributed by atoms with van der Waals surface area (Å²) < 4.78 is 5.82. The fourth-order valence-corrected chi connectivity index (χ4v) is 2.88. The Morgan fingerprint density at radius 2 is 1.38 bits per heavy atom. The lowest BCUT2D eigenvalue weighted by Crippen LogP contribution is -2.43. The number of hydrogen-bond donors (Lipinski definition) is 0. The molecule has 4 nitrogen and oxygen atoms in total. The number of ether oxygens (including phenoxy) is 1. The van der Waals surface area contributed by atoms with Crippen molar-refractivity contribution in [3.8, 4) is 0 Å². The maximum atomic E-state index is 12.4. The summed E-state index contributed by atoms with van der Waals surface area (Å²) in [6.07, 6.45) is -0.134. The van der Waals surface area contributed by atoms with Crippen molar-refractivity contribution in [2.24, 2.45) is 11.8 Å². The van der Waals surface area contributed by atoms with Gasteiger partial charge in [-0.25, -0.2) is 4.79 Å². The summed E-state index contributed by atoms with van der Waals surface area (Å²) in [5, 5.41) is 0. The molecule has 0 fully saturated rings. The van der Waals surface area contributed by atoms with Crippen molar-refractivity contribution in [3.05, 3.63) is 35.9 Å². The molecule has 0 saturated heterocycles. The highest BCUT2D eigenvalue weighted by Gasteiger charge is 2.21. The van der Waals surface area contributed by atoms with Gasteiger partial charge in [0, 0.05) is 26.2 Å². The Labute approximate surface area is 172 Å². The lowest BCUT2D eigenvalue weighted by Gasteiger charge is -2.31. The first-order valence-electron chi connectivity index (χ1n) is 8.91. The molecule has 0 radical (unpaired) electrons. The zero-order chi connectivity index (χ0) is 18.1. The van der Waals surface area contributed by atoms with Crippen molar-refractivity contribution in [2.45, 2.75) is 33.8 Å². The third-order valence-electron chi connectivity index (χ3n) is 3.56. The summed E-state index contributed by atoms with van der Waals surface area (Å²) in [6, 6.07) is 9.23. The molecule has 1 aromatic carbocycles.